The highest BCUT2D eigenvalue weighted by molar-refractivity contribution is 5.72. The van der Waals surface area contributed by atoms with Crippen molar-refractivity contribution >= 4 is 11.9 Å². The van der Waals surface area contributed by atoms with E-state index in [9.17, 15) is 9.59 Å². The van der Waals surface area contributed by atoms with Crippen molar-refractivity contribution in [2.24, 2.45) is 5.92 Å². The fourth-order valence-electron chi connectivity index (χ4n) is 6.10. The smallest absolute Gasteiger partial charge is 0.309 e. The largest absolute Gasteiger partial charge is 0.465 e. The topological polar surface area (TPSA) is 85.8 Å². The molecule has 0 aliphatic carbocycles. The van der Waals surface area contributed by atoms with E-state index in [-0.39, 0.29) is 46.1 Å². The molecule has 6 nitrogen and oxygen atoms in total. The monoisotopic (exact) mass is 426 g/mol. The molecule has 0 saturated carbocycles. The summed E-state index contributed by atoms with van der Waals surface area (Å²) in [6.07, 6.45) is 5.20. The Morgan fingerprint density at radius 1 is 0.767 bits per heavy atom. The fraction of sp³-hybridized carbons (Fsp3) is 0.917. The lowest BCUT2D eigenvalue weighted by molar-refractivity contribution is -0.789. The summed E-state index contributed by atoms with van der Waals surface area (Å²) in [6, 6.07) is 0. The van der Waals surface area contributed by atoms with Crippen LogP contribution in [0.1, 0.15) is 100 Å². The molecule has 0 bridgehead atoms. The van der Waals surface area contributed by atoms with Crippen LogP contribution in [-0.4, -0.2) is 46.8 Å². The second kappa shape index (κ2) is 9.15. The molecule has 0 aromatic heterocycles. The highest BCUT2D eigenvalue weighted by Gasteiger charge is 2.45. The first-order valence-corrected chi connectivity index (χ1v) is 11.7. The van der Waals surface area contributed by atoms with Crippen LogP contribution < -0.4 is 10.6 Å². The van der Waals surface area contributed by atoms with E-state index in [0.717, 1.165) is 25.7 Å². The summed E-state index contributed by atoms with van der Waals surface area (Å²) >= 11 is 0. The average molecular weight is 427 g/mol. The number of rotatable bonds is 7. The number of nitrogens with two attached hydrogens (primary N) is 2. The standard InChI is InChI=1S/C24H44N2O4/c1-21(2)13-17(14-22(3,4)25-21)20(28)29-12-10-9-11-19(27)30-18-15-23(5,6)26-24(7,8)16-18/h17-18,25-26H,9-16H2,1-8H3/p+2. The molecule has 2 saturated heterocycles. The lowest BCUT2D eigenvalue weighted by Crippen LogP contribution is -3.06. The van der Waals surface area contributed by atoms with E-state index in [4.69, 9.17) is 9.47 Å². The Hall–Kier alpha value is -1.14. The highest BCUT2D eigenvalue weighted by Crippen LogP contribution is 2.28. The van der Waals surface area contributed by atoms with Crippen LogP contribution in [0.2, 0.25) is 0 Å². The lowest BCUT2D eigenvalue weighted by atomic mass is 9.76. The Labute approximate surface area is 183 Å². The number of quaternary nitrogens is 2. The highest BCUT2D eigenvalue weighted by atomic mass is 16.5. The summed E-state index contributed by atoms with van der Waals surface area (Å²) in [6.45, 7) is 17.9. The molecule has 2 fully saturated rings. The second-order valence-corrected chi connectivity index (χ2v) is 12.5. The van der Waals surface area contributed by atoms with Gasteiger partial charge in [-0.3, -0.25) is 9.59 Å². The van der Waals surface area contributed by atoms with Gasteiger partial charge in [0.15, 0.2) is 0 Å². The summed E-state index contributed by atoms with van der Waals surface area (Å²) in [5.74, 6) is -0.263. The molecule has 0 amide bonds. The van der Waals surface area contributed by atoms with Crippen LogP contribution in [0.5, 0.6) is 0 Å². The zero-order chi connectivity index (χ0) is 22.8. The Kier molecular flexibility index (Phi) is 7.67. The molecule has 4 N–H and O–H groups in total. The van der Waals surface area contributed by atoms with Crippen LogP contribution in [0, 0.1) is 5.92 Å². The minimum Gasteiger partial charge on any atom is -0.465 e. The zero-order valence-electron chi connectivity index (χ0n) is 20.6. The number of hydrogen-bond donors (Lipinski definition) is 2. The van der Waals surface area contributed by atoms with Crippen LogP contribution in [0.25, 0.3) is 0 Å². The van der Waals surface area contributed by atoms with Gasteiger partial charge in [0.1, 0.15) is 6.10 Å². The van der Waals surface area contributed by atoms with E-state index in [1.54, 1.807) is 0 Å². The molecular weight excluding hydrogens is 380 g/mol. The number of carbonyl (C=O) groups is 2. The van der Waals surface area contributed by atoms with Crippen molar-refractivity contribution < 1.29 is 29.7 Å². The van der Waals surface area contributed by atoms with E-state index in [1.807, 2.05) is 0 Å². The van der Waals surface area contributed by atoms with E-state index in [0.29, 0.717) is 25.9 Å². The number of piperidine rings is 2. The number of ether oxygens (including phenoxy) is 2. The van der Waals surface area contributed by atoms with Crippen molar-refractivity contribution in [1.82, 2.24) is 0 Å². The number of esters is 2. The maximum atomic E-state index is 12.5. The molecule has 2 heterocycles. The summed E-state index contributed by atoms with van der Waals surface area (Å²) in [7, 11) is 0. The third-order valence-corrected chi connectivity index (χ3v) is 6.27. The maximum Gasteiger partial charge on any atom is 0.309 e. The Morgan fingerprint density at radius 3 is 1.73 bits per heavy atom. The average Bonchev–Trinajstić information content (AvgIpc) is 2.48. The Morgan fingerprint density at radius 2 is 1.23 bits per heavy atom. The molecule has 6 heteroatoms. The van der Waals surface area contributed by atoms with Crippen LogP contribution in [0.3, 0.4) is 0 Å². The van der Waals surface area contributed by atoms with Crippen molar-refractivity contribution in [1.29, 1.82) is 0 Å². The lowest BCUT2D eigenvalue weighted by Gasteiger charge is -2.42. The number of hydrogen-bond acceptors (Lipinski definition) is 4. The third kappa shape index (κ3) is 8.18. The Bertz CT molecular complexity index is 593. The molecule has 2 aliphatic rings. The molecule has 0 aromatic carbocycles. The molecule has 0 spiro atoms. The SMILES string of the molecule is CC1(C)CC(OC(=O)CCCCOC(=O)C2CC(C)(C)[NH2+]C(C)(C)C2)CC(C)(C)[NH2+]1. The van der Waals surface area contributed by atoms with Gasteiger partial charge in [0.2, 0.25) is 0 Å². The van der Waals surface area contributed by atoms with E-state index < -0.39 is 0 Å². The van der Waals surface area contributed by atoms with Crippen LogP contribution in [0.4, 0.5) is 0 Å². The van der Waals surface area contributed by atoms with Crippen molar-refractivity contribution in [3.63, 3.8) is 0 Å². The number of unbranched alkanes of at least 4 members (excludes halogenated alkanes) is 1. The quantitative estimate of drug-likeness (QED) is 0.482. The second-order valence-electron chi connectivity index (χ2n) is 12.5. The molecule has 0 unspecified atom stereocenters. The van der Waals surface area contributed by atoms with Gasteiger partial charge in [0.25, 0.3) is 0 Å². The minimum absolute atomic E-state index is 0.0138. The van der Waals surface area contributed by atoms with Crippen LogP contribution in [-0.2, 0) is 19.1 Å². The predicted molar refractivity (Wildman–Crippen MR) is 117 cm³/mol. The molecule has 2 rings (SSSR count). The van der Waals surface area contributed by atoms with E-state index >= 15 is 0 Å². The van der Waals surface area contributed by atoms with Gasteiger partial charge in [-0.25, -0.2) is 0 Å². The van der Waals surface area contributed by atoms with Gasteiger partial charge in [0, 0.05) is 32.1 Å². The fourth-order valence-corrected chi connectivity index (χ4v) is 6.10. The van der Waals surface area contributed by atoms with Gasteiger partial charge >= 0.3 is 11.9 Å². The van der Waals surface area contributed by atoms with Gasteiger partial charge in [-0.2, -0.15) is 0 Å². The van der Waals surface area contributed by atoms with Crippen molar-refractivity contribution in [2.45, 2.75) is 129 Å². The summed E-state index contributed by atoms with van der Waals surface area (Å²) in [4.78, 5) is 24.8. The first-order chi connectivity index (χ1) is 13.6. The predicted octanol–water partition coefficient (Wildman–Crippen LogP) is 2.06. The van der Waals surface area contributed by atoms with Crippen LogP contribution in [0.15, 0.2) is 0 Å². The van der Waals surface area contributed by atoms with Crippen molar-refractivity contribution in [3.05, 3.63) is 0 Å². The molecule has 30 heavy (non-hydrogen) atoms. The minimum atomic E-state index is -0.133. The van der Waals surface area contributed by atoms with Crippen molar-refractivity contribution in [3.8, 4) is 0 Å². The Balaban J connectivity index is 1.66. The van der Waals surface area contributed by atoms with Gasteiger partial charge < -0.3 is 20.1 Å². The van der Waals surface area contributed by atoms with Crippen LogP contribution >= 0.6 is 0 Å². The van der Waals surface area contributed by atoms with E-state index in [1.165, 1.54) is 0 Å². The first-order valence-electron chi connectivity index (χ1n) is 11.7. The molecule has 0 radical (unpaired) electrons. The molecule has 174 valence electrons. The molecule has 0 atom stereocenters. The normalized spacial score (nSPS) is 25.5. The first kappa shape index (κ1) is 25.1. The summed E-state index contributed by atoms with van der Waals surface area (Å²) in [5.41, 5.74) is 0.270. The van der Waals surface area contributed by atoms with Gasteiger partial charge in [-0.05, 0) is 68.2 Å². The number of carbonyl (C=O) groups excluding carboxylic acids is 2. The van der Waals surface area contributed by atoms with Gasteiger partial charge in [0.05, 0.1) is 34.7 Å². The van der Waals surface area contributed by atoms with E-state index in [2.05, 4.69) is 66.0 Å². The maximum absolute atomic E-state index is 12.5. The van der Waals surface area contributed by atoms with Gasteiger partial charge in [-0.15, -0.1) is 0 Å². The zero-order valence-corrected chi connectivity index (χ0v) is 20.6. The third-order valence-electron chi connectivity index (χ3n) is 6.27. The molecule has 2 aliphatic heterocycles. The van der Waals surface area contributed by atoms with Crippen molar-refractivity contribution in [2.75, 3.05) is 6.61 Å². The molecular formula is C24H46N2O4+2. The summed E-state index contributed by atoms with van der Waals surface area (Å²) < 4.78 is 11.3. The van der Waals surface area contributed by atoms with Gasteiger partial charge in [-0.1, -0.05) is 0 Å². The molecule has 0 aromatic rings. The summed E-state index contributed by atoms with van der Waals surface area (Å²) in [5, 5.41) is 4.74.